The molecule has 0 radical (unpaired) electrons. The van der Waals surface area contributed by atoms with Crippen LogP contribution in [-0.4, -0.2) is 70.0 Å². The van der Waals surface area contributed by atoms with Crippen molar-refractivity contribution in [2.45, 2.75) is 31.7 Å². The summed E-state index contributed by atoms with van der Waals surface area (Å²) >= 11 is 0. The van der Waals surface area contributed by atoms with Gasteiger partial charge in [-0.15, -0.1) is 12.4 Å². The molecule has 1 fully saturated rings. The van der Waals surface area contributed by atoms with Crippen LogP contribution in [0.1, 0.15) is 32.4 Å². The lowest BCUT2D eigenvalue weighted by Gasteiger charge is -2.37. The third kappa shape index (κ3) is 6.14. The van der Waals surface area contributed by atoms with Crippen LogP contribution in [0.3, 0.4) is 0 Å². The van der Waals surface area contributed by atoms with Gasteiger partial charge in [0.15, 0.2) is 0 Å². The molecule has 1 N–H and O–H groups in total. The lowest BCUT2D eigenvalue weighted by atomic mass is 10.1. The summed E-state index contributed by atoms with van der Waals surface area (Å²) in [6.45, 7) is 9.06. The maximum absolute atomic E-state index is 12.8. The van der Waals surface area contributed by atoms with Crippen LogP contribution in [0.2, 0.25) is 0 Å². The number of methoxy groups -OCH3 is 1. The van der Waals surface area contributed by atoms with Gasteiger partial charge >= 0.3 is 6.03 Å². The van der Waals surface area contributed by atoms with E-state index in [-0.39, 0.29) is 29.4 Å². The molecule has 10 heteroatoms. The smallest absolute Gasteiger partial charge is 0.317 e. The Balaban J connectivity index is 0.00000408. The fourth-order valence-electron chi connectivity index (χ4n) is 4.04. The first-order valence-corrected chi connectivity index (χ1v) is 12.8. The van der Waals surface area contributed by atoms with Gasteiger partial charge < -0.3 is 19.9 Å². The van der Waals surface area contributed by atoms with Crippen LogP contribution in [0.5, 0.6) is 5.75 Å². The van der Waals surface area contributed by atoms with Crippen molar-refractivity contribution in [1.29, 1.82) is 0 Å². The normalized spacial score (nSPS) is 15.0. The molecule has 0 aliphatic carbocycles. The average molecular weight is 511 g/mol. The summed E-state index contributed by atoms with van der Waals surface area (Å²) in [4.78, 5) is 17.1. The van der Waals surface area contributed by atoms with E-state index in [1.165, 1.54) is 4.31 Å². The maximum Gasteiger partial charge on any atom is 0.317 e. The first kappa shape index (κ1) is 27.8. The zero-order valence-corrected chi connectivity index (χ0v) is 21.9. The van der Waals surface area contributed by atoms with E-state index in [1.807, 2.05) is 49.9 Å². The minimum Gasteiger partial charge on any atom is -0.495 e. The molecular formula is C24H35ClN4O4S. The van der Waals surface area contributed by atoms with Crippen LogP contribution in [0.15, 0.2) is 53.4 Å². The molecule has 188 valence electrons. The maximum atomic E-state index is 12.8. The van der Waals surface area contributed by atoms with Crippen molar-refractivity contribution in [1.82, 2.24) is 14.5 Å². The Kier molecular flexibility index (Phi) is 10.0. The van der Waals surface area contributed by atoms with Gasteiger partial charge in [0.2, 0.25) is 10.0 Å². The zero-order chi connectivity index (χ0) is 24.0. The van der Waals surface area contributed by atoms with Gasteiger partial charge in [-0.2, -0.15) is 4.31 Å². The quantitative estimate of drug-likeness (QED) is 0.585. The number of hydrogen-bond donors (Lipinski definition) is 1. The molecule has 3 rings (SSSR count). The van der Waals surface area contributed by atoms with Gasteiger partial charge in [-0.05, 0) is 36.8 Å². The molecule has 2 aromatic rings. The molecule has 1 atom stereocenters. The Bertz CT molecular complexity index is 1040. The van der Waals surface area contributed by atoms with E-state index in [0.717, 1.165) is 30.1 Å². The first-order chi connectivity index (χ1) is 15.8. The molecule has 1 saturated heterocycles. The summed E-state index contributed by atoms with van der Waals surface area (Å²) in [5, 5.41) is 3.03. The monoisotopic (exact) mass is 510 g/mol. The van der Waals surface area contributed by atoms with E-state index in [2.05, 4.69) is 10.2 Å². The molecule has 1 aliphatic heterocycles. The number of urea groups is 1. The van der Waals surface area contributed by atoms with Crippen molar-refractivity contribution >= 4 is 34.1 Å². The van der Waals surface area contributed by atoms with E-state index in [1.54, 1.807) is 31.4 Å². The molecule has 2 aromatic carbocycles. The molecule has 1 unspecified atom stereocenters. The number of carbonyl (C=O) groups is 1. The standard InChI is InChI=1S/C24H34N4O4S.ClH/c1-5-28(6-2)33(30,31)21-13-11-20(12-14-21)19(3)25-24(29)27-17-15-26(16-18-27)22-9-7-8-10-23(22)32-4;/h7-14,19H,5-6,15-18H2,1-4H3,(H,25,29);1H. The van der Waals surface area contributed by atoms with Crippen LogP contribution in [0.25, 0.3) is 0 Å². The molecule has 1 heterocycles. The molecule has 0 saturated carbocycles. The summed E-state index contributed by atoms with van der Waals surface area (Å²) in [7, 11) is -1.83. The van der Waals surface area contributed by atoms with Crippen LogP contribution in [0.4, 0.5) is 10.5 Å². The highest BCUT2D eigenvalue weighted by Crippen LogP contribution is 2.28. The first-order valence-electron chi connectivity index (χ1n) is 11.3. The highest BCUT2D eigenvalue weighted by molar-refractivity contribution is 7.89. The number of ether oxygens (including phenoxy) is 1. The number of nitrogens with zero attached hydrogens (tertiary/aromatic N) is 3. The van der Waals surface area contributed by atoms with E-state index >= 15 is 0 Å². The summed E-state index contributed by atoms with van der Waals surface area (Å²) < 4.78 is 32.2. The van der Waals surface area contributed by atoms with Crippen LogP contribution in [0, 0.1) is 0 Å². The number of sulfonamides is 1. The van der Waals surface area contributed by atoms with E-state index in [4.69, 9.17) is 4.74 Å². The molecule has 2 amide bonds. The van der Waals surface area contributed by atoms with Crippen LogP contribution >= 0.6 is 12.4 Å². The summed E-state index contributed by atoms with van der Waals surface area (Å²) in [5.41, 5.74) is 1.89. The lowest BCUT2D eigenvalue weighted by molar-refractivity contribution is 0.191. The van der Waals surface area contributed by atoms with E-state index in [0.29, 0.717) is 26.2 Å². The Morgan fingerprint density at radius 2 is 1.62 bits per heavy atom. The van der Waals surface area contributed by atoms with Gasteiger partial charge in [-0.25, -0.2) is 13.2 Å². The number of amides is 2. The van der Waals surface area contributed by atoms with Gasteiger partial charge in [0.1, 0.15) is 5.75 Å². The summed E-state index contributed by atoms with van der Waals surface area (Å²) in [5.74, 6) is 0.829. The molecular weight excluding hydrogens is 476 g/mol. The lowest BCUT2D eigenvalue weighted by Crippen LogP contribution is -2.52. The highest BCUT2D eigenvalue weighted by atomic mass is 35.5. The van der Waals surface area contributed by atoms with Crippen molar-refractivity contribution in [3.05, 3.63) is 54.1 Å². The molecule has 0 bridgehead atoms. The fourth-order valence-corrected chi connectivity index (χ4v) is 5.50. The topological polar surface area (TPSA) is 82.2 Å². The number of anilines is 1. The third-order valence-corrected chi connectivity index (χ3v) is 8.12. The van der Waals surface area contributed by atoms with Gasteiger partial charge in [-0.1, -0.05) is 38.1 Å². The van der Waals surface area contributed by atoms with Gasteiger partial charge in [0, 0.05) is 39.3 Å². The van der Waals surface area contributed by atoms with Crippen LogP contribution < -0.4 is 15.0 Å². The van der Waals surface area contributed by atoms with Crippen molar-refractivity contribution in [2.75, 3.05) is 51.3 Å². The minimum absolute atomic E-state index is 0. The molecule has 8 nitrogen and oxygen atoms in total. The molecule has 34 heavy (non-hydrogen) atoms. The molecule has 1 aliphatic rings. The Morgan fingerprint density at radius 1 is 1.03 bits per heavy atom. The largest absolute Gasteiger partial charge is 0.495 e. The summed E-state index contributed by atoms with van der Waals surface area (Å²) in [6, 6.07) is 14.3. The van der Waals surface area contributed by atoms with Gasteiger partial charge in [0.05, 0.1) is 23.7 Å². The summed E-state index contributed by atoms with van der Waals surface area (Å²) in [6.07, 6.45) is 0. The van der Waals surface area contributed by atoms with E-state index in [9.17, 15) is 13.2 Å². The average Bonchev–Trinajstić information content (AvgIpc) is 2.84. The predicted molar refractivity (Wildman–Crippen MR) is 138 cm³/mol. The minimum atomic E-state index is -3.49. The number of benzene rings is 2. The highest BCUT2D eigenvalue weighted by Gasteiger charge is 2.25. The number of rotatable bonds is 8. The third-order valence-electron chi connectivity index (χ3n) is 6.06. The number of carbonyl (C=O) groups excluding carboxylic acids is 1. The fraction of sp³-hybridized carbons (Fsp3) is 0.458. The Morgan fingerprint density at radius 3 is 2.18 bits per heavy atom. The SMILES string of the molecule is CCN(CC)S(=O)(=O)c1ccc(C(C)NC(=O)N2CCN(c3ccccc3OC)CC2)cc1.Cl. The Hall–Kier alpha value is -2.49. The number of hydrogen-bond acceptors (Lipinski definition) is 5. The van der Waals surface area contributed by atoms with E-state index < -0.39 is 10.0 Å². The number of halogens is 1. The number of para-hydroxylation sites is 2. The number of nitrogens with one attached hydrogen (secondary N) is 1. The Labute approximate surface area is 209 Å². The second-order valence-electron chi connectivity index (χ2n) is 7.98. The van der Waals surface area contributed by atoms with Crippen molar-refractivity contribution in [3.8, 4) is 5.75 Å². The van der Waals surface area contributed by atoms with Crippen LogP contribution in [-0.2, 0) is 10.0 Å². The second kappa shape index (κ2) is 12.3. The predicted octanol–water partition coefficient (Wildman–Crippen LogP) is 3.74. The second-order valence-corrected chi connectivity index (χ2v) is 9.91. The van der Waals surface area contributed by atoms with Gasteiger partial charge in [0.25, 0.3) is 0 Å². The van der Waals surface area contributed by atoms with Crippen molar-refractivity contribution < 1.29 is 17.9 Å². The number of piperazine rings is 1. The zero-order valence-electron chi connectivity index (χ0n) is 20.2. The van der Waals surface area contributed by atoms with Gasteiger partial charge in [-0.3, -0.25) is 0 Å². The van der Waals surface area contributed by atoms with Crippen molar-refractivity contribution in [2.24, 2.45) is 0 Å². The molecule has 0 aromatic heterocycles. The van der Waals surface area contributed by atoms with Crippen molar-refractivity contribution in [3.63, 3.8) is 0 Å². The molecule has 0 spiro atoms.